The number of ether oxygens (including phenoxy) is 2. The first kappa shape index (κ1) is 21.6. The van der Waals surface area contributed by atoms with Gasteiger partial charge in [-0.2, -0.15) is 0 Å². The fourth-order valence-electron chi connectivity index (χ4n) is 3.06. The molecule has 6 heteroatoms. The monoisotopic (exact) mass is 379 g/mol. The molecule has 0 radical (unpaired) electrons. The van der Waals surface area contributed by atoms with Crippen molar-refractivity contribution in [3.63, 3.8) is 0 Å². The minimum atomic E-state index is -0.375. The lowest BCUT2D eigenvalue weighted by molar-refractivity contribution is 0.0888. The minimum absolute atomic E-state index is 0.180. The van der Waals surface area contributed by atoms with Crippen molar-refractivity contribution in [3.05, 3.63) is 35.6 Å². The quantitative estimate of drug-likeness (QED) is 0.373. The van der Waals surface area contributed by atoms with Crippen LogP contribution in [0, 0.1) is 11.7 Å². The second-order valence-corrected chi connectivity index (χ2v) is 7.64. The third-order valence-corrected chi connectivity index (χ3v) is 4.72. The maximum atomic E-state index is 14.1. The maximum Gasteiger partial charge on any atom is 0.191 e. The zero-order valence-electron chi connectivity index (χ0n) is 16.9. The summed E-state index contributed by atoms with van der Waals surface area (Å²) in [5, 5.41) is 6.57. The molecule has 1 unspecified atom stereocenters. The van der Waals surface area contributed by atoms with Gasteiger partial charge in [-0.05, 0) is 31.4 Å². The first-order chi connectivity index (χ1) is 13.0. The molecule has 0 aliphatic carbocycles. The fourth-order valence-corrected chi connectivity index (χ4v) is 3.06. The van der Waals surface area contributed by atoms with Gasteiger partial charge in [-0.3, -0.25) is 4.99 Å². The Morgan fingerprint density at radius 3 is 2.85 bits per heavy atom. The largest absolute Gasteiger partial charge is 0.381 e. The molecule has 27 heavy (non-hydrogen) atoms. The van der Waals surface area contributed by atoms with Crippen LogP contribution in [-0.4, -0.2) is 52.0 Å². The molecular formula is C21H34FN3O2. The number of halogens is 1. The van der Waals surface area contributed by atoms with Gasteiger partial charge in [0, 0.05) is 37.6 Å². The van der Waals surface area contributed by atoms with Crippen LogP contribution in [0.5, 0.6) is 0 Å². The Labute approximate surface area is 162 Å². The van der Waals surface area contributed by atoms with Crippen LogP contribution in [0.1, 0.15) is 39.2 Å². The van der Waals surface area contributed by atoms with Crippen molar-refractivity contribution in [2.75, 3.05) is 46.1 Å². The number of benzene rings is 1. The molecule has 152 valence electrons. The molecule has 2 N–H and O–H groups in total. The van der Waals surface area contributed by atoms with Crippen molar-refractivity contribution in [2.24, 2.45) is 10.9 Å². The van der Waals surface area contributed by atoms with E-state index in [-0.39, 0.29) is 11.2 Å². The number of guanidine groups is 1. The average molecular weight is 380 g/mol. The van der Waals surface area contributed by atoms with E-state index >= 15 is 0 Å². The SMILES string of the molecule is CCNC(=NCC(C)(C)c1ccccc1F)NCCCOCC1CCOC1. The van der Waals surface area contributed by atoms with E-state index in [1.807, 2.05) is 32.9 Å². The van der Waals surface area contributed by atoms with E-state index < -0.39 is 0 Å². The summed E-state index contributed by atoms with van der Waals surface area (Å²) in [5.41, 5.74) is 0.314. The van der Waals surface area contributed by atoms with E-state index in [1.54, 1.807) is 6.07 Å². The predicted molar refractivity (Wildman–Crippen MR) is 108 cm³/mol. The van der Waals surface area contributed by atoms with E-state index in [1.165, 1.54) is 6.07 Å². The summed E-state index contributed by atoms with van der Waals surface area (Å²) in [6, 6.07) is 6.91. The van der Waals surface area contributed by atoms with Gasteiger partial charge in [-0.25, -0.2) is 4.39 Å². The molecular weight excluding hydrogens is 345 g/mol. The van der Waals surface area contributed by atoms with Crippen LogP contribution in [0.25, 0.3) is 0 Å². The lowest BCUT2D eigenvalue weighted by atomic mass is 9.84. The summed E-state index contributed by atoms with van der Waals surface area (Å²) in [5.74, 6) is 1.13. The van der Waals surface area contributed by atoms with Crippen molar-refractivity contribution in [1.82, 2.24) is 10.6 Å². The van der Waals surface area contributed by atoms with Gasteiger partial charge in [0.2, 0.25) is 0 Å². The van der Waals surface area contributed by atoms with Gasteiger partial charge in [0.15, 0.2) is 5.96 Å². The zero-order chi connectivity index (χ0) is 19.5. The van der Waals surface area contributed by atoms with Gasteiger partial charge in [0.1, 0.15) is 5.82 Å². The molecule has 1 fully saturated rings. The Morgan fingerprint density at radius 1 is 1.33 bits per heavy atom. The van der Waals surface area contributed by atoms with Gasteiger partial charge in [0.05, 0.1) is 19.8 Å². The second-order valence-electron chi connectivity index (χ2n) is 7.64. The van der Waals surface area contributed by atoms with E-state index in [2.05, 4.69) is 15.6 Å². The smallest absolute Gasteiger partial charge is 0.191 e. The standard InChI is InChI=1S/C21H34FN3O2/c1-4-23-20(24-11-7-12-26-14-17-10-13-27-15-17)25-16-21(2,3)18-8-5-6-9-19(18)22/h5-6,8-9,17H,4,7,10-16H2,1-3H3,(H2,23,24,25). The van der Waals surface area contributed by atoms with Crippen molar-refractivity contribution in [2.45, 2.75) is 39.0 Å². The first-order valence-corrected chi connectivity index (χ1v) is 9.95. The van der Waals surface area contributed by atoms with Crippen LogP contribution in [0.4, 0.5) is 4.39 Å². The van der Waals surface area contributed by atoms with Gasteiger partial charge >= 0.3 is 0 Å². The van der Waals surface area contributed by atoms with Crippen molar-refractivity contribution in [3.8, 4) is 0 Å². The zero-order valence-corrected chi connectivity index (χ0v) is 16.9. The van der Waals surface area contributed by atoms with E-state index in [0.717, 1.165) is 58.3 Å². The van der Waals surface area contributed by atoms with Crippen LogP contribution < -0.4 is 10.6 Å². The Balaban J connectivity index is 1.75. The van der Waals surface area contributed by atoms with Crippen LogP contribution in [0.3, 0.4) is 0 Å². The Bertz CT molecular complexity index is 587. The van der Waals surface area contributed by atoms with Gasteiger partial charge in [0.25, 0.3) is 0 Å². The van der Waals surface area contributed by atoms with Crippen molar-refractivity contribution >= 4 is 5.96 Å². The summed E-state index contributed by atoms with van der Waals surface area (Å²) in [4.78, 5) is 4.65. The number of nitrogens with one attached hydrogen (secondary N) is 2. The lowest BCUT2D eigenvalue weighted by Crippen LogP contribution is -2.39. The molecule has 1 aromatic carbocycles. The minimum Gasteiger partial charge on any atom is -0.381 e. The summed E-state index contributed by atoms with van der Waals surface area (Å²) < 4.78 is 25.2. The van der Waals surface area contributed by atoms with E-state index in [0.29, 0.717) is 18.0 Å². The van der Waals surface area contributed by atoms with Gasteiger partial charge in [-0.1, -0.05) is 32.0 Å². The van der Waals surface area contributed by atoms with Crippen LogP contribution >= 0.6 is 0 Å². The molecule has 1 aliphatic heterocycles. The Kier molecular flexibility index (Phi) is 9.01. The summed E-state index contributed by atoms with van der Waals surface area (Å²) in [6.07, 6.45) is 2.02. The summed E-state index contributed by atoms with van der Waals surface area (Å²) in [7, 11) is 0. The molecule has 1 heterocycles. The van der Waals surface area contributed by atoms with E-state index in [9.17, 15) is 4.39 Å². The highest BCUT2D eigenvalue weighted by atomic mass is 19.1. The summed E-state index contributed by atoms with van der Waals surface area (Å²) >= 11 is 0. The third-order valence-electron chi connectivity index (χ3n) is 4.72. The highest BCUT2D eigenvalue weighted by Gasteiger charge is 2.23. The molecule has 0 spiro atoms. The number of nitrogens with zero attached hydrogens (tertiary/aromatic N) is 1. The summed E-state index contributed by atoms with van der Waals surface area (Å²) in [6.45, 7) is 11.3. The Hall–Kier alpha value is -1.66. The molecule has 0 bridgehead atoms. The molecule has 0 saturated carbocycles. The van der Waals surface area contributed by atoms with Gasteiger partial charge in [-0.15, -0.1) is 0 Å². The second kappa shape index (κ2) is 11.2. The van der Waals surface area contributed by atoms with Crippen molar-refractivity contribution in [1.29, 1.82) is 0 Å². The van der Waals surface area contributed by atoms with Crippen LogP contribution in [0.15, 0.2) is 29.3 Å². The predicted octanol–water partition coefficient (Wildman–Crippen LogP) is 3.10. The first-order valence-electron chi connectivity index (χ1n) is 9.95. The molecule has 1 aliphatic rings. The normalized spacial score (nSPS) is 17.9. The maximum absolute atomic E-state index is 14.1. The molecule has 5 nitrogen and oxygen atoms in total. The molecule has 0 aromatic heterocycles. The number of rotatable bonds is 10. The highest BCUT2D eigenvalue weighted by molar-refractivity contribution is 5.79. The third kappa shape index (κ3) is 7.46. The topological polar surface area (TPSA) is 54.9 Å². The number of aliphatic imine (C=N–C) groups is 1. The highest BCUT2D eigenvalue weighted by Crippen LogP contribution is 2.25. The fraction of sp³-hybridized carbons (Fsp3) is 0.667. The molecule has 2 rings (SSSR count). The van der Waals surface area contributed by atoms with E-state index in [4.69, 9.17) is 9.47 Å². The average Bonchev–Trinajstić information content (AvgIpc) is 3.16. The molecule has 0 amide bonds. The Morgan fingerprint density at radius 2 is 2.15 bits per heavy atom. The molecule has 1 saturated heterocycles. The van der Waals surface area contributed by atoms with Gasteiger partial charge < -0.3 is 20.1 Å². The number of hydrogen-bond acceptors (Lipinski definition) is 3. The van der Waals surface area contributed by atoms with Crippen LogP contribution in [0.2, 0.25) is 0 Å². The van der Waals surface area contributed by atoms with Crippen LogP contribution in [-0.2, 0) is 14.9 Å². The lowest BCUT2D eigenvalue weighted by Gasteiger charge is -2.24. The molecule has 1 atom stereocenters. The van der Waals surface area contributed by atoms with Crippen molar-refractivity contribution < 1.29 is 13.9 Å². The number of hydrogen-bond donors (Lipinski definition) is 2. The molecule has 1 aromatic rings.